The van der Waals surface area contributed by atoms with Crippen LogP contribution < -0.4 is 4.74 Å². The Bertz CT molecular complexity index is 300. The lowest BCUT2D eigenvalue weighted by Gasteiger charge is -2.05. The van der Waals surface area contributed by atoms with Gasteiger partial charge >= 0.3 is 6.16 Å². The molecule has 0 spiro atoms. The van der Waals surface area contributed by atoms with Gasteiger partial charge in [-0.15, -0.1) is 11.6 Å². The number of benzene rings is 1. The maximum atomic E-state index is 11.2. The molecule has 0 N–H and O–H groups in total. The lowest BCUT2D eigenvalue weighted by atomic mass is 10.3. The minimum absolute atomic E-state index is 0.378. The van der Waals surface area contributed by atoms with Crippen molar-refractivity contribution in [3.8, 4) is 5.75 Å². The number of hydrogen-bond acceptors (Lipinski definition) is 3. The SMILES string of the molecule is O=C(OCCCCCCl)Oc1ccccc1. The second kappa shape index (κ2) is 7.99. The van der Waals surface area contributed by atoms with Gasteiger partial charge in [0.25, 0.3) is 0 Å². The van der Waals surface area contributed by atoms with Crippen LogP contribution in [0.1, 0.15) is 19.3 Å². The molecule has 3 nitrogen and oxygen atoms in total. The molecule has 0 aliphatic heterocycles. The van der Waals surface area contributed by atoms with Gasteiger partial charge in [0.2, 0.25) is 0 Å². The molecular formula is C12H15ClO3. The quantitative estimate of drug-likeness (QED) is 0.331. The molecule has 0 atom stereocenters. The van der Waals surface area contributed by atoms with Crippen molar-refractivity contribution in [2.75, 3.05) is 12.5 Å². The highest BCUT2D eigenvalue weighted by molar-refractivity contribution is 6.17. The van der Waals surface area contributed by atoms with Gasteiger partial charge in [0, 0.05) is 5.88 Å². The summed E-state index contributed by atoms with van der Waals surface area (Å²) < 4.78 is 9.82. The monoisotopic (exact) mass is 242 g/mol. The average molecular weight is 243 g/mol. The van der Waals surface area contributed by atoms with Crippen LogP contribution >= 0.6 is 11.6 Å². The van der Waals surface area contributed by atoms with E-state index in [1.54, 1.807) is 24.3 Å². The minimum Gasteiger partial charge on any atom is -0.434 e. The first-order valence-corrected chi connectivity index (χ1v) is 5.82. The fourth-order valence-electron chi connectivity index (χ4n) is 1.14. The fraction of sp³-hybridized carbons (Fsp3) is 0.417. The van der Waals surface area contributed by atoms with Crippen LogP contribution in [0.5, 0.6) is 5.75 Å². The molecule has 0 saturated carbocycles. The van der Waals surface area contributed by atoms with E-state index in [4.69, 9.17) is 21.1 Å². The molecule has 0 unspecified atom stereocenters. The summed E-state index contributed by atoms with van der Waals surface area (Å²) in [5, 5.41) is 0. The van der Waals surface area contributed by atoms with Gasteiger partial charge in [-0.25, -0.2) is 4.79 Å². The molecule has 1 aromatic rings. The highest BCUT2D eigenvalue weighted by Gasteiger charge is 2.04. The van der Waals surface area contributed by atoms with E-state index in [-0.39, 0.29) is 0 Å². The zero-order valence-corrected chi connectivity index (χ0v) is 9.78. The van der Waals surface area contributed by atoms with Crippen LogP contribution in [0.4, 0.5) is 4.79 Å². The molecule has 88 valence electrons. The maximum Gasteiger partial charge on any atom is 0.513 e. The van der Waals surface area contributed by atoms with E-state index in [0.717, 1.165) is 19.3 Å². The lowest BCUT2D eigenvalue weighted by Crippen LogP contribution is -2.11. The van der Waals surface area contributed by atoms with E-state index in [1.165, 1.54) is 0 Å². The summed E-state index contributed by atoms with van der Waals surface area (Å²) in [6, 6.07) is 8.85. The smallest absolute Gasteiger partial charge is 0.434 e. The Morgan fingerprint density at radius 2 is 1.88 bits per heavy atom. The normalized spacial score (nSPS) is 9.81. The van der Waals surface area contributed by atoms with Gasteiger partial charge in [0.1, 0.15) is 5.75 Å². The number of rotatable bonds is 6. The van der Waals surface area contributed by atoms with Gasteiger partial charge < -0.3 is 9.47 Å². The average Bonchev–Trinajstić information content (AvgIpc) is 2.30. The number of carbonyl (C=O) groups is 1. The number of alkyl halides is 1. The van der Waals surface area contributed by atoms with Gasteiger partial charge in [-0.3, -0.25) is 0 Å². The summed E-state index contributed by atoms with van der Waals surface area (Å²) in [5.74, 6) is 1.14. The highest BCUT2D eigenvalue weighted by Crippen LogP contribution is 2.09. The van der Waals surface area contributed by atoms with Crippen molar-refractivity contribution < 1.29 is 14.3 Å². The van der Waals surface area contributed by atoms with Crippen molar-refractivity contribution in [1.29, 1.82) is 0 Å². The molecule has 0 saturated heterocycles. The first-order valence-electron chi connectivity index (χ1n) is 5.28. The summed E-state index contributed by atoms with van der Waals surface area (Å²) in [4.78, 5) is 11.2. The summed E-state index contributed by atoms with van der Waals surface area (Å²) in [7, 11) is 0. The molecule has 0 amide bonds. The van der Waals surface area contributed by atoms with Crippen LogP contribution in [0, 0.1) is 0 Å². The van der Waals surface area contributed by atoms with Crippen molar-refractivity contribution in [3.63, 3.8) is 0 Å². The van der Waals surface area contributed by atoms with E-state index < -0.39 is 6.16 Å². The summed E-state index contributed by atoms with van der Waals surface area (Å²) >= 11 is 5.52. The van der Waals surface area contributed by atoms with E-state index in [2.05, 4.69) is 0 Å². The van der Waals surface area contributed by atoms with Crippen molar-refractivity contribution in [2.24, 2.45) is 0 Å². The molecule has 1 rings (SSSR count). The van der Waals surface area contributed by atoms with Gasteiger partial charge in [-0.05, 0) is 31.4 Å². The number of unbranched alkanes of at least 4 members (excludes halogenated alkanes) is 2. The molecule has 0 fully saturated rings. The molecule has 1 aromatic carbocycles. The number of carbonyl (C=O) groups excluding carboxylic acids is 1. The Labute approximate surface area is 100 Å². The van der Waals surface area contributed by atoms with Crippen molar-refractivity contribution in [1.82, 2.24) is 0 Å². The van der Waals surface area contributed by atoms with Gasteiger partial charge in [0.15, 0.2) is 0 Å². The molecule has 16 heavy (non-hydrogen) atoms. The number of para-hydroxylation sites is 1. The Kier molecular flexibility index (Phi) is 6.42. The molecule has 0 aliphatic rings. The number of halogens is 1. The Morgan fingerprint density at radius 3 is 2.56 bits per heavy atom. The first-order chi connectivity index (χ1) is 7.83. The zero-order valence-electron chi connectivity index (χ0n) is 9.02. The maximum absolute atomic E-state index is 11.2. The van der Waals surface area contributed by atoms with Gasteiger partial charge in [0.05, 0.1) is 6.61 Å². The van der Waals surface area contributed by atoms with Crippen LogP contribution in [0.25, 0.3) is 0 Å². The largest absolute Gasteiger partial charge is 0.513 e. The van der Waals surface area contributed by atoms with Crippen LogP contribution in [0.3, 0.4) is 0 Å². The van der Waals surface area contributed by atoms with Crippen LogP contribution in [-0.4, -0.2) is 18.6 Å². The predicted octanol–water partition coefficient (Wildman–Crippen LogP) is 3.61. The second-order valence-corrected chi connectivity index (χ2v) is 3.64. The number of hydrogen-bond donors (Lipinski definition) is 0. The Balaban J connectivity index is 2.12. The van der Waals surface area contributed by atoms with Crippen LogP contribution in [-0.2, 0) is 4.74 Å². The molecule has 4 heteroatoms. The third kappa shape index (κ3) is 5.61. The molecule has 0 heterocycles. The van der Waals surface area contributed by atoms with E-state index in [0.29, 0.717) is 18.2 Å². The van der Waals surface area contributed by atoms with Crippen molar-refractivity contribution in [2.45, 2.75) is 19.3 Å². The standard InChI is InChI=1S/C12H15ClO3/c13-9-5-2-6-10-15-12(14)16-11-7-3-1-4-8-11/h1,3-4,7-8H,2,5-6,9-10H2. The fourth-order valence-corrected chi connectivity index (χ4v) is 1.33. The topological polar surface area (TPSA) is 35.5 Å². The molecule has 0 radical (unpaired) electrons. The zero-order chi connectivity index (χ0) is 11.6. The Hall–Kier alpha value is -1.22. The predicted molar refractivity (Wildman–Crippen MR) is 63.0 cm³/mol. The molecule has 0 bridgehead atoms. The molecular weight excluding hydrogens is 228 g/mol. The highest BCUT2D eigenvalue weighted by atomic mass is 35.5. The third-order valence-electron chi connectivity index (χ3n) is 1.94. The summed E-state index contributed by atoms with van der Waals surface area (Å²) in [6.45, 7) is 0.378. The summed E-state index contributed by atoms with van der Waals surface area (Å²) in [5.41, 5.74) is 0. The van der Waals surface area contributed by atoms with Crippen molar-refractivity contribution >= 4 is 17.8 Å². The van der Waals surface area contributed by atoms with Crippen LogP contribution in [0.2, 0.25) is 0 Å². The molecule has 0 aromatic heterocycles. The van der Waals surface area contributed by atoms with Gasteiger partial charge in [-0.2, -0.15) is 0 Å². The van der Waals surface area contributed by atoms with Gasteiger partial charge in [-0.1, -0.05) is 18.2 Å². The lowest BCUT2D eigenvalue weighted by molar-refractivity contribution is 0.0974. The number of ether oxygens (including phenoxy) is 2. The molecule has 0 aliphatic carbocycles. The second-order valence-electron chi connectivity index (χ2n) is 3.26. The van der Waals surface area contributed by atoms with E-state index in [1.807, 2.05) is 6.07 Å². The Morgan fingerprint density at radius 1 is 1.12 bits per heavy atom. The first kappa shape index (κ1) is 12.8. The summed E-state index contributed by atoms with van der Waals surface area (Å²) in [6.07, 6.45) is 2.06. The van der Waals surface area contributed by atoms with Crippen molar-refractivity contribution in [3.05, 3.63) is 30.3 Å². The van der Waals surface area contributed by atoms with E-state index >= 15 is 0 Å². The van der Waals surface area contributed by atoms with Crippen LogP contribution in [0.15, 0.2) is 30.3 Å². The third-order valence-corrected chi connectivity index (χ3v) is 2.21. The minimum atomic E-state index is -0.655. The van der Waals surface area contributed by atoms with E-state index in [9.17, 15) is 4.79 Å².